The zero-order valence-corrected chi connectivity index (χ0v) is 23.9. The second-order valence-electron chi connectivity index (χ2n) is 9.74. The molecule has 10 nitrogen and oxygen atoms in total. The molecule has 1 atom stereocenters. The Morgan fingerprint density at radius 2 is 1.76 bits per heavy atom. The third kappa shape index (κ3) is 4.72. The number of halogens is 1. The van der Waals surface area contributed by atoms with Gasteiger partial charge in [0.25, 0.3) is 5.56 Å². The molecule has 6 rings (SSSR count). The molecule has 0 aliphatic carbocycles. The van der Waals surface area contributed by atoms with Gasteiger partial charge in [-0.1, -0.05) is 48.0 Å². The van der Waals surface area contributed by atoms with Crippen molar-refractivity contribution in [1.82, 2.24) is 24.5 Å². The third-order valence-corrected chi connectivity index (χ3v) is 8.44. The number of para-hydroxylation sites is 1. The van der Waals surface area contributed by atoms with E-state index in [1.54, 1.807) is 30.3 Å². The molecule has 0 saturated heterocycles. The highest BCUT2D eigenvalue weighted by Gasteiger charge is 2.24. The quantitative estimate of drug-likeness (QED) is 0.275. The van der Waals surface area contributed by atoms with Gasteiger partial charge >= 0.3 is 0 Å². The smallest absolute Gasteiger partial charge is 0.263 e. The Morgan fingerprint density at radius 1 is 0.976 bits per heavy atom. The van der Waals surface area contributed by atoms with Gasteiger partial charge in [0.15, 0.2) is 15.3 Å². The van der Waals surface area contributed by atoms with Crippen LogP contribution in [0, 0.1) is 0 Å². The Morgan fingerprint density at radius 3 is 2.52 bits per heavy atom. The number of benzene rings is 2. The highest BCUT2D eigenvalue weighted by molar-refractivity contribution is 7.90. The normalized spacial score (nSPS) is 12.5. The van der Waals surface area contributed by atoms with Crippen LogP contribution in [0.2, 0.25) is 5.02 Å². The summed E-state index contributed by atoms with van der Waals surface area (Å²) in [6.45, 7) is 1.82. The number of rotatable bonds is 6. The summed E-state index contributed by atoms with van der Waals surface area (Å²) in [5.41, 5.74) is 1.70. The second-order valence-corrected chi connectivity index (χ2v) is 12.1. The summed E-state index contributed by atoms with van der Waals surface area (Å²) < 4.78 is 26.0. The van der Waals surface area contributed by atoms with Crippen molar-refractivity contribution in [3.63, 3.8) is 0 Å². The van der Waals surface area contributed by atoms with Crippen molar-refractivity contribution in [1.29, 1.82) is 0 Å². The molecule has 0 aliphatic rings. The monoisotopic (exact) mass is 598 g/mol. The molecule has 210 valence electrons. The van der Waals surface area contributed by atoms with Crippen LogP contribution in [0.3, 0.4) is 0 Å². The number of fused-ring (bicyclic) bond motifs is 2. The SMILES string of the molecule is C[C@H](Nc1ncnc2[nH]ccc(=O)c12)c1c(Cl)c2cccc(-c3cncc(S(C)(=O)=O)c3)c2c(=O)n1-c1ccccc1. The van der Waals surface area contributed by atoms with Gasteiger partial charge in [-0.15, -0.1) is 0 Å². The average molecular weight is 599 g/mol. The van der Waals surface area contributed by atoms with Crippen LogP contribution in [0.1, 0.15) is 18.7 Å². The summed E-state index contributed by atoms with van der Waals surface area (Å²) in [6, 6.07) is 16.5. The first-order valence-electron chi connectivity index (χ1n) is 12.8. The number of hydrogen-bond acceptors (Lipinski definition) is 8. The van der Waals surface area contributed by atoms with E-state index in [9.17, 15) is 18.0 Å². The maximum atomic E-state index is 14.5. The van der Waals surface area contributed by atoms with Gasteiger partial charge < -0.3 is 10.3 Å². The summed E-state index contributed by atoms with van der Waals surface area (Å²) in [5.74, 6) is 0.287. The molecule has 0 amide bonds. The molecule has 42 heavy (non-hydrogen) atoms. The summed E-state index contributed by atoms with van der Waals surface area (Å²) in [4.78, 5) is 42.7. The van der Waals surface area contributed by atoms with Crippen LogP contribution < -0.4 is 16.3 Å². The summed E-state index contributed by atoms with van der Waals surface area (Å²) >= 11 is 7.13. The molecule has 2 aromatic carbocycles. The van der Waals surface area contributed by atoms with Crippen molar-refractivity contribution in [3.05, 3.63) is 117 Å². The van der Waals surface area contributed by atoms with Gasteiger partial charge in [-0.3, -0.25) is 19.1 Å². The first kappa shape index (κ1) is 27.3. The number of aromatic nitrogens is 5. The van der Waals surface area contributed by atoms with E-state index in [2.05, 4.69) is 25.3 Å². The van der Waals surface area contributed by atoms with Crippen LogP contribution in [0.4, 0.5) is 5.82 Å². The zero-order valence-electron chi connectivity index (χ0n) is 22.4. The van der Waals surface area contributed by atoms with E-state index in [-0.39, 0.29) is 27.1 Å². The van der Waals surface area contributed by atoms with Gasteiger partial charge in [0.2, 0.25) is 0 Å². The lowest BCUT2D eigenvalue weighted by Gasteiger charge is -2.24. The van der Waals surface area contributed by atoms with Crippen LogP contribution in [0.25, 0.3) is 38.6 Å². The minimum atomic E-state index is -3.54. The van der Waals surface area contributed by atoms with E-state index in [0.29, 0.717) is 44.0 Å². The largest absolute Gasteiger partial charge is 0.361 e. The van der Waals surface area contributed by atoms with Gasteiger partial charge in [-0.25, -0.2) is 18.4 Å². The van der Waals surface area contributed by atoms with Gasteiger partial charge in [0.1, 0.15) is 23.2 Å². The molecule has 0 aliphatic heterocycles. The van der Waals surface area contributed by atoms with Gasteiger partial charge in [-0.05, 0) is 30.7 Å². The molecule has 6 aromatic rings. The summed E-state index contributed by atoms with van der Waals surface area (Å²) in [6.07, 6.45) is 6.74. The molecule has 0 fully saturated rings. The molecule has 4 aromatic heterocycles. The van der Waals surface area contributed by atoms with E-state index in [1.165, 1.54) is 41.6 Å². The lowest BCUT2D eigenvalue weighted by atomic mass is 9.98. The molecule has 0 bridgehead atoms. The highest BCUT2D eigenvalue weighted by atomic mass is 35.5. The molecular formula is C30H23ClN6O4S. The topological polar surface area (TPSA) is 140 Å². The molecule has 0 unspecified atom stereocenters. The van der Waals surface area contributed by atoms with Crippen LogP contribution in [0.15, 0.2) is 100 Å². The zero-order chi connectivity index (χ0) is 29.6. The van der Waals surface area contributed by atoms with Crippen LogP contribution in [-0.2, 0) is 9.84 Å². The van der Waals surface area contributed by atoms with Gasteiger partial charge in [-0.2, -0.15) is 0 Å². The van der Waals surface area contributed by atoms with Crippen molar-refractivity contribution >= 4 is 49.1 Å². The molecular weight excluding hydrogens is 576 g/mol. The fourth-order valence-corrected chi connectivity index (χ4v) is 6.04. The van der Waals surface area contributed by atoms with Crippen molar-refractivity contribution in [2.24, 2.45) is 0 Å². The minimum Gasteiger partial charge on any atom is -0.361 e. The Labute approximate surface area is 244 Å². The second kappa shape index (κ2) is 10.5. The molecule has 4 heterocycles. The molecule has 2 N–H and O–H groups in total. The van der Waals surface area contributed by atoms with E-state index >= 15 is 0 Å². The summed E-state index contributed by atoms with van der Waals surface area (Å²) in [5, 5.41) is 4.62. The number of hydrogen-bond donors (Lipinski definition) is 2. The van der Waals surface area contributed by atoms with Crippen molar-refractivity contribution < 1.29 is 8.42 Å². The number of H-pyrrole nitrogens is 1. The van der Waals surface area contributed by atoms with E-state index in [0.717, 1.165) is 6.26 Å². The molecule has 0 saturated carbocycles. The first-order chi connectivity index (χ1) is 20.1. The van der Waals surface area contributed by atoms with Crippen LogP contribution in [0.5, 0.6) is 0 Å². The van der Waals surface area contributed by atoms with Crippen molar-refractivity contribution in [2.75, 3.05) is 11.6 Å². The number of sulfone groups is 1. The molecule has 0 radical (unpaired) electrons. The minimum absolute atomic E-state index is 0.0352. The average Bonchev–Trinajstić information content (AvgIpc) is 2.98. The Balaban J connectivity index is 1.62. The highest BCUT2D eigenvalue weighted by Crippen LogP contribution is 2.36. The third-order valence-electron chi connectivity index (χ3n) is 6.96. The van der Waals surface area contributed by atoms with E-state index < -0.39 is 15.9 Å². The Hall–Kier alpha value is -4.87. The van der Waals surface area contributed by atoms with E-state index in [1.807, 2.05) is 25.1 Å². The lowest BCUT2D eigenvalue weighted by Crippen LogP contribution is -2.27. The Bertz CT molecular complexity index is 2230. The van der Waals surface area contributed by atoms with Gasteiger partial charge in [0.05, 0.1) is 27.0 Å². The lowest BCUT2D eigenvalue weighted by molar-refractivity contribution is 0.601. The van der Waals surface area contributed by atoms with Gasteiger partial charge in [0, 0.05) is 47.5 Å². The van der Waals surface area contributed by atoms with Crippen molar-refractivity contribution in [2.45, 2.75) is 17.9 Å². The van der Waals surface area contributed by atoms with Crippen LogP contribution in [-0.4, -0.2) is 39.2 Å². The number of nitrogens with zero attached hydrogens (tertiary/aromatic N) is 4. The maximum Gasteiger partial charge on any atom is 0.263 e. The number of pyridine rings is 3. The standard InChI is InChI=1S/C30H23ClN6O4S/c1-17(36-29-25-23(38)11-12-33-28(25)34-16-35-29)27-26(31)22-10-6-9-21(18-13-20(15-32-14-18)42(2,40)41)24(22)30(39)37(27)19-7-4-3-5-8-19/h3-17H,1-2H3,(H2,33,34,35,36,38)/t17-/m0/s1. The predicted octanol–water partition coefficient (Wildman–Crippen LogP) is 4.91. The Kier molecular flexibility index (Phi) is 6.83. The van der Waals surface area contributed by atoms with Crippen molar-refractivity contribution in [3.8, 4) is 16.8 Å². The predicted molar refractivity (Wildman–Crippen MR) is 163 cm³/mol. The first-order valence-corrected chi connectivity index (χ1v) is 15.1. The van der Waals surface area contributed by atoms with E-state index in [4.69, 9.17) is 11.6 Å². The fourth-order valence-electron chi connectivity index (χ4n) is 5.04. The number of aromatic amines is 1. The fraction of sp³-hybridized carbons (Fsp3) is 0.100. The molecule has 0 spiro atoms. The number of nitrogens with one attached hydrogen (secondary N) is 2. The summed E-state index contributed by atoms with van der Waals surface area (Å²) in [7, 11) is -3.54. The maximum absolute atomic E-state index is 14.5. The van der Waals surface area contributed by atoms with Crippen LogP contribution >= 0.6 is 11.6 Å². The molecule has 12 heteroatoms. The number of anilines is 1.